The molecule has 2 nitrogen and oxygen atoms in total. The summed E-state index contributed by atoms with van der Waals surface area (Å²) in [5.41, 5.74) is 46.1. The molecule has 4 aliphatic heterocycles. The molecule has 10 aliphatic rings. The van der Waals surface area contributed by atoms with Crippen molar-refractivity contribution >= 4 is 80.3 Å². The SMILES string of the molecule is Cc1cc(C)c(B2c3ccccc3N3c4cccc5c4C4(c6ccccc6C5c5cc(-c6ccc7c(c6)N6c8ccccc8B(c8c(C)cc(C)cc8C)c8ccc9c(c86)C76c7ccccc7C67c6ccccc6C97)ccc54)c4cccc2c43)c(C)c1. The smallest absolute Gasteiger partial charge is 0.247 e. The van der Waals surface area contributed by atoms with Crippen molar-refractivity contribution in [2.24, 2.45) is 0 Å². The Labute approximate surface area is 509 Å². The first-order chi connectivity index (χ1) is 42.7. The molecule has 3 spiro atoms. The van der Waals surface area contributed by atoms with Gasteiger partial charge in [-0.1, -0.05) is 244 Å². The fourth-order valence-corrected chi connectivity index (χ4v) is 21.2. The first-order valence-electron chi connectivity index (χ1n) is 31.6. The van der Waals surface area contributed by atoms with Crippen LogP contribution >= 0.6 is 0 Å². The molecule has 12 aromatic carbocycles. The lowest BCUT2D eigenvalue weighted by atomic mass is 9.32. The number of benzene rings is 12. The van der Waals surface area contributed by atoms with Gasteiger partial charge in [-0.25, -0.2) is 0 Å². The number of anilines is 6. The first-order valence-corrected chi connectivity index (χ1v) is 31.6. The van der Waals surface area contributed by atoms with Crippen molar-refractivity contribution in [2.45, 2.75) is 69.6 Å². The fraction of sp³-hybridized carbons (Fsp3) is 0.133. The summed E-state index contributed by atoms with van der Waals surface area (Å²) in [6, 6.07) is 92.0. The molecule has 4 heterocycles. The van der Waals surface area contributed by atoms with Crippen molar-refractivity contribution < 1.29 is 0 Å². The van der Waals surface area contributed by atoms with Gasteiger partial charge in [-0.2, -0.15) is 0 Å². The highest BCUT2D eigenvalue weighted by Crippen LogP contribution is 2.84. The van der Waals surface area contributed by atoms with Crippen LogP contribution in [0.15, 0.2) is 231 Å². The maximum Gasteiger partial charge on any atom is 0.247 e. The van der Waals surface area contributed by atoms with Crippen molar-refractivity contribution in [3.05, 3.63) is 342 Å². The molecule has 87 heavy (non-hydrogen) atoms. The zero-order valence-corrected chi connectivity index (χ0v) is 49.6. The third kappa shape index (κ3) is 5.04. The van der Waals surface area contributed by atoms with Crippen molar-refractivity contribution in [3.63, 3.8) is 0 Å². The number of nitrogens with zero attached hydrogens (tertiary/aromatic N) is 2. The van der Waals surface area contributed by atoms with Crippen LogP contribution in [0.1, 0.15) is 123 Å². The second-order valence-electron chi connectivity index (χ2n) is 27.2. The lowest BCUT2D eigenvalue weighted by Gasteiger charge is -2.67. The van der Waals surface area contributed by atoms with Crippen LogP contribution in [0.2, 0.25) is 0 Å². The summed E-state index contributed by atoms with van der Waals surface area (Å²) in [6.07, 6.45) is 0. The van der Waals surface area contributed by atoms with E-state index < -0.39 is 5.41 Å². The van der Waals surface area contributed by atoms with Crippen LogP contribution in [-0.4, -0.2) is 13.4 Å². The summed E-state index contributed by atoms with van der Waals surface area (Å²) in [4.78, 5) is 5.41. The standard InChI is InChI=1S/C83H58B2N2/c1-45-39-47(3)77(48(4)40-45)84-65-27-13-15-30-69(65)86-71-32-17-21-55-73-53-19-7-9-22-58(53)81(75(55)71,64-26-18-29-67(84)79(64)86)59-36-33-51(43-57(59)73)52-34-37-63-72(44-52)87-70-31-16-14-28-66(70)85(78-49(5)41-46(2)42-50(78)6)68-38-35-56-74-54-20-8-10-23-60(54)82(74)61-24-11-12-25-62(61)83(63,82)76(56)80(68)87/h7-44,73-74H,1-6H3. The van der Waals surface area contributed by atoms with Gasteiger partial charge in [0.2, 0.25) is 13.4 Å². The molecule has 12 aromatic rings. The third-order valence-corrected chi connectivity index (χ3v) is 23.4. The van der Waals surface area contributed by atoms with Gasteiger partial charge in [0, 0.05) is 40.0 Å². The molecule has 5 unspecified atom stereocenters. The highest BCUT2D eigenvalue weighted by molar-refractivity contribution is 6.99. The second kappa shape index (κ2) is 15.7. The minimum Gasteiger partial charge on any atom is -0.311 e. The minimum atomic E-state index is -0.541. The Morgan fingerprint density at radius 1 is 0.322 bits per heavy atom. The van der Waals surface area contributed by atoms with Gasteiger partial charge in [-0.15, -0.1) is 0 Å². The minimum absolute atomic E-state index is 0.0627. The largest absolute Gasteiger partial charge is 0.311 e. The van der Waals surface area contributed by atoms with Gasteiger partial charge in [0.1, 0.15) is 0 Å². The monoisotopic (exact) mass is 1100 g/mol. The topological polar surface area (TPSA) is 6.48 Å². The maximum absolute atomic E-state index is 2.75. The Kier molecular flexibility index (Phi) is 8.57. The summed E-state index contributed by atoms with van der Waals surface area (Å²) < 4.78 is 0. The Hall–Kier alpha value is -9.63. The molecule has 0 N–H and O–H groups in total. The summed E-state index contributed by atoms with van der Waals surface area (Å²) in [5.74, 6) is 0.322. The molecule has 0 saturated heterocycles. The van der Waals surface area contributed by atoms with E-state index in [9.17, 15) is 0 Å². The predicted molar refractivity (Wildman–Crippen MR) is 360 cm³/mol. The highest BCUT2D eigenvalue weighted by atomic mass is 15.2. The Bertz CT molecular complexity index is 5230. The molecule has 0 saturated carbocycles. The van der Waals surface area contributed by atoms with Gasteiger partial charge in [0.15, 0.2) is 0 Å². The molecule has 2 bridgehead atoms. The van der Waals surface area contributed by atoms with Crippen molar-refractivity contribution in [3.8, 4) is 11.1 Å². The highest BCUT2D eigenvalue weighted by Gasteiger charge is 2.80. The van der Waals surface area contributed by atoms with E-state index >= 15 is 0 Å². The number of hydrogen-bond acceptors (Lipinski definition) is 2. The normalized spacial score (nSPS) is 21.5. The number of hydrogen-bond donors (Lipinski definition) is 0. The fourth-order valence-electron chi connectivity index (χ4n) is 21.2. The van der Waals surface area contributed by atoms with Crippen molar-refractivity contribution in [2.75, 3.05) is 9.80 Å². The van der Waals surface area contributed by atoms with E-state index in [1.54, 1.807) is 0 Å². The van der Waals surface area contributed by atoms with Gasteiger partial charge < -0.3 is 9.80 Å². The predicted octanol–water partition coefficient (Wildman–Crippen LogP) is 14.7. The van der Waals surface area contributed by atoms with Gasteiger partial charge in [0.05, 0.1) is 22.2 Å². The van der Waals surface area contributed by atoms with E-state index in [1.807, 2.05) is 0 Å². The van der Waals surface area contributed by atoms with E-state index in [0.717, 1.165) is 0 Å². The van der Waals surface area contributed by atoms with Crippen LogP contribution in [0.5, 0.6) is 0 Å². The summed E-state index contributed by atoms with van der Waals surface area (Å²) in [5, 5.41) is 0. The Morgan fingerprint density at radius 3 is 1.53 bits per heavy atom. The lowest BCUT2D eigenvalue weighted by Crippen LogP contribution is -2.66. The molecule has 6 aliphatic carbocycles. The van der Waals surface area contributed by atoms with E-state index in [1.165, 1.54) is 189 Å². The molecule has 0 amide bonds. The molecule has 22 rings (SSSR count). The van der Waals surface area contributed by atoms with Crippen LogP contribution < -0.4 is 42.6 Å². The molecular weight excluding hydrogens is 1050 g/mol. The van der Waals surface area contributed by atoms with Crippen LogP contribution in [0.25, 0.3) is 11.1 Å². The summed E-state index contributed by atoms with van der Waals surface area (Å²) in [6.45, 7) is 14.0. The summed E-state index contributed by atoms with van der Waals surface area (Å²) in [7, 11) is 0. The van der Waals surface area contributed by atoms with E-state index in [4.69, 9.17) is 0 Å². The molecule has 4 heteroatoms. The summed E-state index contributed by atoms with van der Waals surface area (Å²) >= 11 is 0. The van der Waals surface area contributed by atoms with E-state index in [2.05, 4.69) is 282 Å². The van der Waals surface area contributed by atoms with Crippen molar-refractivity contribution in [1.29, 1.82) is 0 Å². The van der Waals surface area contributed by atoms with E-state index in [0.29, 0.717) is 0 Å². The number of fused-ring (bicyclic) bond motifs is 11. The number of aryl methyl sites for hydroxylation is 6. The van der Waals surface area contributed by atoms with Crippen LogP contribution in [0, 0.1) is 41.5 Å². The van der Waals surface area contributed by atoms with Gasteiger partial charge in [-0.3, -0.25) is 0 Å². The Morgan fingerprint density at radius 2 is 0.828 bits per heavy atom. The molecular formula is C83H58B2N2. The molecule has 0 fully saturated rings. The zero-order valence-electron chi connectivity index (χ0n) is 49.6. The first kappa shape index (κ1) is 47.6. The van der Waals surface area contributed by atoms with Gasteiger partial charge in [0.25, 0.3) is 0 Å². The third-order valence-electron chi connectivity index (χ3n) is 23.4. The Balaban J connectivity index is 0.816. The van der Waals surface area contributed by atoms with Crippen molar-refractivity contribution in [1.82, 2.24) is 0 Å². The second-order valence-corrected chi connectivity index (χ2v) is 27.2. The van der Waals surface area contributed by atoms with E-state index in [-0.39, 0.29) is 36.1 Å². The molecule has 0 radical (unpaired) electrons. The van der Waals surface area contributed by atoms with Crippen LogP contribution in [-0.2, 0) is 16.2 Å². The van der Waals surface area contributed by atoms with Crippen LogP contribution in [0.4, 0.5) is 34.1 Å². The zero-order chi connectivity index (χ0) is 57.5. The quantitative estimate of drug-likeness (QED) is 0.163. The molecule has 406 valence electrons. The number of rotatable bonds is 3. The van der Waals surface area contributed by atoms with Crippen LogP contribution in [0.3, 0.4) is 0 Å². The van der Waals surface area contributed by atoms with Gasteiger partial charge >= 0.3 is 0 Å². The molecule has 5 atom stereocenters. The molecule has 0 aromatic heterocycles. The average Bonchev–Trinajstić information content (AvgIpc) is 1.49. The maximum atomic E-state index is 2.75. The number of para-hydroxylation sites is 3. The lowest BCUT2D eigenvalue weighted by molar-refractivity contribution is 0.257. The van der Waals surface area contributed by atoms with Gasteiger partial charge in [-0.05, 0) is 183 Å². The average molecular weight is 1110 g/mol.